The molecule has 0 aliphatic rings. The predicted octanol–water partition coefficient (Wildman–Crippen LogP) is 18.4. The first-order valence-electron chi connectivity index (χ1n) is 20.8. The summed E-state index contributed by atoms with van der Waals surface area (Å²) in [6.45, 7) is 0. The number of thiophene rings is 3. The van der Waals surface area contributed by atoms with E-state index in [9.17, 15) is 0 Å². The first-order chi connectivity index (χ1) is 30.2. The Hall–Kier alpha value is -6.88. The molecule has 3 aromatic heterocycles. The molecule has 0 radical (unpaired) electrons. The van der Waals surface area contributed by atoms with Crippen LogP contribution >= 0.6 is 34.0 Å². The lowest BCUT2D eigenvalue weighted by Crippen LogP contribution is -1.90. The van der Waals surface area contributed by atoms with Gasteiger partial charge in [0, 0.05) is 60.5 Å². The molecule has 14 rings (SSSR count). The van der Waals surface area contributed by atoms with Crippen molar-refractivity contribution < 1.29 is 0 Å². The minimum absolute atomic E-state index is 1.25. The van der Waals surface area contributed by atoms with Gasteiger partial charge in [-0.2, -0.15) is 0 Å². The minimum atomic E-state index is 1.25. The summed E-state index contributed by atoms with van der Waals surface area (Å²) in [4.78, 5) is 0. The van der Waals surface area contributed by atoms with Gasteiger partial charge in [0.1, 0.15) is 0 Å². The van der Waals surface area contributed by atoms with Crippen molar-refractivity contribution in [1.29, 1.82) is 0 Å². The van der Waals surface area contributed by atoms with E-state index in [0.29, 0.717) is 0 Å². The highest BCUT2D eigenvalue weighted by atomic mass is 32.1. The van der Waals surface area contributed by atoms with Gasteiger partial charge < -0.3 is 0 Å². The fourth-order valence-corrected chi connectivity index (χ4v) is 13.9. The van der Waals surface area contributed by atoms with Gasteiger partial charge in [0.15, 0.2) is 0 Å². The van der Waals surface area contributed by atoms with E-state index in [4.69, 9.17) is 0 Å². The van der Waals surface area contributed by atoms with Gasteiger partial charge in [-0.15, -0.1) is 34.0 Å². The molecule has 0 amide bonds. The van der Waals surface area contributed by atoms with Gasteiger partial charge >= 0.3 is 0 Å². The fourth-order valence-electron chi connectivity index (χ4n) is 10.3. The third-order valence-electron chi connectivity index (χ3n) is 13.0. The summed E-state index contributed by atoms with van der Waals surface area (Å²) in [6.07, 6.45) is 0. The summed E-state index contributed by atoms with van der Waals surface area (Å²) in [5.41, 5.74) is 7.64. The Morgan fingerprint density at radius 3 is 1.62 bits per heavy atom. The molecular weight excluding hydrogens is 793 g/mol. The first kappa shape index (κ1) is 33.9. The molecular formula is C58H32S3. The molecule has 0 spiro atoms. The van der Waals surface area contributed by atoms with Crippen LogP contribution in [0.15, 0.2) is 194 Å². The van der Waals surface area contributed by atoms with Crippen molar-refractivity contribution in [3.05, 3.63) is 194 Å². The first-order valence-corrected chi connectivity index (χ1v) is 23.3. The molecule has 0 saturated carbocycles. The molecule has 0 aliphatic heterocycles. The maximum atomic E-state index is 2.45. The van der Waals surface area contributed by atoms with Gasteiger partial charge in [0.05, 0.1) is 0 Å². The lowest BCUT2D eigenvalue weighted by Gasteiger charge is -2.18. The van der Waals surface area contributed by atoms with E-state index < -0.39 is 0 Å². The van der Waals surface area contributed by atoms with E-state index in [1.54, 1.807) is 0 Å². The van der Waals surface area contributed by atoms with Crippen LogP contribution < -0.4 is 0 Å². The molecule has 0 nitrogen and oxygen atoms in total. The van der Waals surface area contributed by atoms with Gasteiger partial charge in [0.2, 0.25) is 0 Å². The monoisotopic (exact) mass is 824 g/mol. The summed E-state index contributed by atoms with van der Waals surface area (Å²) in [5.74, 6) is 0. The molecule has 0 saturated heterocycles. The summed E-state index contributed by atoms with van der Waals surface area (Å²) >= 11 is 5.74. The molecule has 0 N–H and O–H groups in total. The van der Waals surface area contributed by atoms with Crippen LogP contribution in [-0.4, -0.2) is 0 Å². The van der Waals surface area contributed by atoms with Crippen molar-refractivity contribution >= 4 is 138 Å². The molecule has 282 valence electrons. The molecule has 3 heteroatoms. The number of hydrogen-bond acceptors (Lipinski definition) is 3. The van der Waals surface area contributed by atoms with E-state index in [1.165, 1.54) is 137 Å². The van der Waals surface area contributed by atoms with E-state index >= 15 is 0 Å². The Labute approximate surface area is 362 Å². The third kappa shape index (κ3) is 4.97. The number of benzene rings is 11. The Bertz CT molecular complexity index is 4120. The normalized spacial score (nSPS) is 12.3. The highest BCUT2D eigenvalue weighted by Gasteiger charge is 2.19. The van der Waals surface area contributed by atoms with Crippen molar-refractivity contribution in [3.63, 3.8) is 0 Å². The second-order valence-corrected chi connectivity index (χ2v) is 19.5. The van der Waals surface area contributed by atoms with Crippen LogP contribution in [0.1, 0.15) is 0 Å². The van der Waals surface area contributed by atoms with Crippen LogP contribution in [0.3, 0.4) is 0 Å². The second-order valence-electron chi connectivity index (χ2n) is 16.3. The zero-order valence-electron chi connectivity index (χ0n) is 32.7. The zero-order valence-corrected chi connectivity index (χ0v) is 35.1. The zero-order chi connectivity index (χ0) is 39.8. The van der Waals surface area contributed by atoms with E-state index in [0.717, 1.165) is 0 Å². The average Bonchev–Trinajstić information content (AvgIpc) is 4.00. The Kier molecular flexibility index (Phi) is 7.12. The summed E-state index contributed by atoms with van der Waals surface area (Å²) in [5, 5.41) is 18.3. The van der Waals surface area contributed by atoms with Gasteiger partial charge in [0.25, 0.3) is 0 Å². The highest BCUT2D eigenvalue weighted by molar-refractivity contribution is 7.30. The molecule has 0 atom stereocenters. The topological polar surface area (TPSA) is 0 Å². The Balaban J connectivity index is 0.918. The van der Waals surface area contributed by atoms with Gasteiger partial charge in [-0.05, 0) is 125 Å². The highest BCUT2D eigenvalue weighted by Crippen LogP contribution is 2.48. The van der Waals surface area contributed by atoms with Crippen molar-refractivity contribution in [2.24, 2.45) is 0 Å². The van der Waals surface area contributed by atoms with Gasteiger partial charge in [-0.25, -0.2) is 0 Å². The molecule has 0 aliphatic carbocycles. The lowest BCUT2D eigenvalue weighted by molar-refractivity contribution is 1.69. The molecule has 14 aromatic rings. The summed E-state index contributed by atoms with van der Waals surface area (Å²) < 4.78 is 8.10. The number of rotatable bonds is 3. The molecule has 11 aromatic carbocycles. The SMILES string of the molecule is c1ccc2cc(-c3c4ccccc4c(-c4ccc5c(c4)sc4ccc(-c6cccc7cc8c(cc67)sc6c8ccc7sc8ccccc8c76)cc45)c4ccccc34)ccc2c1. The summed E-state index contributed by atoms with van der Waals surface area (Å²) in [7, 11) is 0. The molecule has 61 heavy (non-hydrogen) atoms. The van der Waals surface area contributed by atoms with Crippen molar-refractivity contribution in [1.82, 2.24) is 0 Å². The predicted molar refractivity (Wildman–Crippen MR) is 271 cm³/mol. The maximum absolute atomic E-state index is 2.45. The largest absolute Gasteiger partial charge is 0.135 e. The van der Waals surface area contributed by atoms with Crippen LogP contribution in [0.2, 0.25) is 0 Å². The smallest absolute Gasteiger partial charge is 0.0448 e. The van der Waals surface area contributed by atoms with Crippen molar-refractivity contribution in [3.8, 4) is 33.4 Å². The van der Waals surface area contributed by atoms with Crippen LogP contribution in [0.4, 0.5) is 0 Å². The van der Waals surface area contributed by atoms with Crippen molar-refractivity contribution in [2.45, 2.75) is 0 Å². The minimum Gasteiger partial charge on any atom is -0.135 e. The standard InChI is InChI=1S/C58H32S3/c1-2-11-34-28-37(21-20-33(34)10-1)55-41-13-3-5-15-43(41)56(44-16-6-4-14-42(44)55)38-22-24-40-48-30-36(23-26-51(48)60-53(40)31-38)39-18-9-12-35-29-49-45-25-27-52-57(46-17-7-8-19-50(46)59-52)58(45)61-54(49)32-47(35)39/h1-32H. The van der Waals surface area contributed by atoms with Gasteiger partial charge in [-0.1, -0.05) is 146 Å². The average molecular weight is 825 g/mol. The number of hydrogen-bond donors (Lipinski definition) is 0. The maximum Gasteiger partial charge on any atom is 0.0448 e. The summed E-state index contributed by atoms with van der Waals surface area (Å²) in [6, 6.07) is 73.0. The van der Waals surface area contributed by atoms with E-state index in [1.807, 2.05) is 34.0 Å². The fraction of sp³-hybridized carbons (Fsp3) is 0. The van der Waals surface area contributed by atoms with E-state index in [2.05, 4.69) is 194 Å². The Morgan fingerprint density at radius 1 is 0.246 bits per heavy atom. The van der Waals surface area contributed by atoms with Crippen LogP contribution in [0.5, 0.6) is 0 Å². The molecule has 0 unspecified atom stereocenters. The van der Waals surface area contributed by atoms with Crippen LogP contribution in [0.25, 0.3) is 137 Å². The quantitative estimate of drug-likeness (QED) is 0.156. The van der Waals surface area contributed by atoms with E-state index in [-0.39, 0.29) is 0 Å². The van der Waals surface area contributed by atoms with Crippen LogP contribution in [0, 0.1) is 0 Å². The Morgan fingerprint density at radius 2 is 0.820 bits per heavy atom. The van der Waals surface area contributed by atoms with Crippen molar-refractivity contribution in [2.75, 3.05) is 0 Å². The van der Waals surface area contributed by atoms with Crippen LogP contribution in [-0.2, 0) is 0 Å². The lowest BCUT2D eigenvalue weighted by atomic mass is 9.85. The van der Waals surface area contributed by atoms with Gasteiger partial charge in [-0.3, -0.25) is 0 Å². The second kappa shape index (κ2) is 12.8. The molecule has 0 fully saturated rings. The number of fused-ring (bicyclic) bond motifs is 14. The third-order valence-corrected chi connectivity index (χ3v) is 16.5. The molecule has 3 heterocycles. The molecule has 0 bridgehead atoms.